The lowest BCUT2D eigenvalue weighted by atomic mass is 10.2. The number of ether oxygens (including phenoxy) is 3. The minimum absolute atomic E-state index is 0.00100. The van der Waals surface area contributed by atoms with Crippen LogP contribution in [0.2, 0.25) is 0 Å². The normalized spacial score (nSPS) is 11.4. The molecule has 0 bridgehead atoms. The molecule has 0 aliphatic heterocycles. The van der Waals surface area contributed by atoms with Crippen LogP contribution in [0.1, 0.15) is 20.8 Å². The molecule has 0 unspecified atom stereocenters. The maximum atomic E-state index is 13.6. The van der Waals surface area contributed by atoms with Crippen LogP contribution in [0.4, 0.5) is 20.6 Å². The molecular weight excluding hydrogens is 347 g/mol. The molecule has 0 radical (unpaired) electrons. The van der Waals surface area contributed by atoms with Gasteiger partial charge < -0.3 is 19.5 Å². The number of carbonyl (C=O) groups is 3. The van der Waals surface area contributed by atoms with Gasteiger partial charge in [-0.2, -0.15) is 0 Å². The van der Waals surface area contributed by atoms with Crippen LogP contribution in [0.3, 0.4) is 0 Å². The lowest BCUT2D eigenvalue weighted by Crippen LogP contribution is -2.27. The highest BCUT2D eigenvalue weighted by atomic mass is 19.1. The number of hydrogen-bond acceptors (Lipinski definition) is 7. The number of rotatable bonds is 5. The van der Waals surface area contributed by atoms with Crippen LogP contribution in [0, 0.1) is 5.82 Å². The van der Waals surface area contributed by atoms with Crippen molar-refractivity contribution in [1.29, 1.82) is 0 Å². The van der Waals surface area contributed by atoms with E-state index in [0.717, 1.165) is 32.4 Å². The number of methoxy groups -OCH3 is 2. The first-order chi connectivity index (χ1) is 12.1. The van der Waals surface area contributed by atoms with E-state index < -0.39 is 29.5 Å². The standard InChI is InChI=1S/C17H21FN2O6/c1-17(2,3)26-16(23)20-12-8-10(18)6-7-11(12)19-13(15(22)25-5)9-14(21)24-4/h6-9,19H,1-5H3,(H,20,23)/b13-9+. The van der Waals surface area contributed by atoms with Crippen LogP contribution in [0.5, 0.6) is 0 Å². The second-order valence-corrected chi connectivity index (χ2v) is 6.01. The van der Waals surface area contributed by atoms with Gasteiger partial charge in [-0.1, -0.05) is 0 Å². The molecule has 0 aliphatic carbocycles. The van der Waals surface area contributed by atoms with Crippen molar-refractivity contribution in [3.8, 4) is 0 Å². The third kappa shape index (κ3) is 6.80. The van der Waals surface area contributed by atoms with E-state index in [-0.39, 0.29) is 17.1 Å². The van der Waals surface area contributed by atoms with Gasteiger partial charge >= 0.3 is 18.0 Å². The monoisotopic (exact) mass is 368 g/mol. The minimum atomic E-state index is -0.858. The summed E-state index contributed by atoms with van der Waals surface area (Å²) in [4.78, 5) is 35.1. The van der Waals surface area contributed by atoms with E-state index in [0.29, 0.717) is 0 Å². The van der Waals surface area contributed by atoms with Crippen molar-refractivity contribution in [2.45, 2.75) is 26.4 Å². The Balaban J connectivity index is 3.15. The van der Waals surface area contributed by atoms with Gasteiger partial charge in [0.1, 0.15) is 17.1 Å². The number of hydrogen-bond donors (Lipinski definition) is 2. The first-order valence-corrected chi connectivity index (χ1v) is 7.50. The molecule has 2 N–H and O–H groups in total. The molecule has 0 fully saturated rings. The molecule has 1 aromatic rings. The van der Waals surface area contributed by atoms with E-state index in [9.17, 15) is 18.8 Å². The van der Waals surface area contributed by atoms with Crippen molar-refractivity contribution in [3.05, 3.63) is 35.8 Å². The van der Waals surface area contributed by atoms with Gasteiger partial charge in [-0.3, -0.25) is 5.32 Å². The Morgan fingerprint density at radius 2 is 1.69 bits per heavy atom. The van der Waals surface area contributed by atoms with Gasteiger partial charge in [0.15, 0.2) is 0 Å². The molecule has 0 spiro atoms. The van der Waals surface area contributed by atoms with Gasteiger partial charge in [-0.05, 0) is 39.0 Å². The molecule has 0 aromatic heterocycles. The zero-order chi connectivity index (χ0) is 19.9. The molecule has 0 atom stereocenters. The smallest absolute Gasteiger partial charge is 0.412 e. The number of carbonyl (C=O) groups excluding carboxylic acids is 3. The second kappa shape index (κ2) is 8.84. The van der Waals surface area contributed by atoms with E-state index in [1.165, 1.54) is 6.07 Å². The topological polar surface area (TPSA) is 103 Å². The van der Waals surface area contributed by atoms with Crippen LogP contribution in [0.25, 0.3) is 0 Å². The molecule has 26 heavy (non-hydrogen) atoms. The first-order valence-electron chi connectivity index (χ1n) is 7.50. The Kier molecular flexibility index (Phi) is 7.12. The van der Waals surface area contributed by atoms with E-state index >= 15 is 0 Å². The summed E-state index contributed by atoms with van der Waals surface area (Å²) in [6.07, 6.45) is 0.0506. The van der Waals surface area contributed by atoms with Crippen molar-refractivity contribution in [3.63, 3.8) is 0 Å². The predicted octanol–water partition coefficient (Wildman–Crippen LogP) is 2.81. The van der Waals surface area contributed by atoms with Crippen LogP contribution < -0.4 is 10.6 Å². The summed E-state index contributed by atoms with van der Waals surface area (Å²) < 4.78 is 27.7. The Hall–Kier alpha value is -3.10. The van der Waals surface area contributed by atoms with Gasteiger partial charge in [-0.15, -0.1) is 0 Å². The Bertz CT molecular complexity index is 724. The summed E-state index contributed by atoms with van der Waals surface area (Å²) in [5.74, 6) is -2.29. The SMILES string of the molecule is COC(=O)/C=C(/Nc1ccc(F)cc1NC(=O)OC(C)(C)C)C(=O)OC. The van der Waals surface area contributed by atoms with Crippen molar-refractivity contribution >= 4 is 29.4 Å². The fraction of sp³-hybridized carbons (Fsp3) is 0.353. The summed E-state index contributed by atoms with van der Waals surface area (Å²) in [5.41, 5.74) is -0.887. The number of nitrogens with one attached hydrogen (secondary N) is 2. The molecule has 0 heterocycles. The minimum Gasteiger partial charge on any atom is -0.466 e. The predicted molar refractivity (Wildman–Crippen MR) is 92.0 cm³/mol. The first kappa shape index (κ1) is 20.9. The van der Waals surface area contributed by atoms with Crippen LogP contribution in [-0.4, -0.2) is 37.9 Å². The van der Waals surface area contributed by atoms with Crippen LogP contribution in [-0.2, 0) is 23.8 Å². The fourth-order valence-corrected chi connectivity index (χ4v) is 1.72. The number of halogens is 1. The van der Waals surface area contributed by atoms with Crippen molar-refractivity contribution in [2.75, 3.05) is 24.9 Å². The fourth-order valence-electron chi connectivity index (χ4n) is 1.72. The molecule has 1 rings (SSSR count). The number of esters is 2. The summed E-state index contributed by atoms with van der Waals surface area (Å²) in [7, 11) is 2.26. The van der Waals surface area contributed by atoms with Crippen LogP contribution in [0.15, 0.2) is 30.0 Å². The maximum Gasteiger partial charge on any atom is 0.412 e. The average Bonchev–Trinajstić information content (AvgIpc) is 2.53. The summed E-state index contributed by atoms with van der Waals surface area (Å²) >= 11 is 0. The average molecular weight is 368 g/mol. The molecule has 1 aromatic carbocycles. The molecule has 0 saturated carbocycles. The molecular formula is C17H21FN2O6. The molecule has 8 nitrogen and oxygen atoms in total. The second-order valence-electron chi connectivity index (χ2n) is 6.01. The summed E-state index contributed by atoms with van der Waals surface area (Å²) in [5, 5.41) is 4.99. The Morgan fingerprint density at radius 1 is 1.04 bits per heavy atom. The number of benzene rings is 1. The third-order valence-corrected chi connectivity index (χ3v) is 2.76. The zero-order valence-electron chi connectivity index (χ0n) is 15.1. The highest BCUT2D eigenvalue weighted by Gasteiger charge is 2.19. The molecule has 0 saturated heterocycles. The number of amides is 1. The zero-order valence-corrected chi connectivity index (χ0v) is 15.1. The highest BCUT2D eigenvalue weighted by Crippen LogP contribution is 2.25. The highest BCUT2D eigenvalue weighted by molar-refractivity contribution is 6.00. The van der Waals surface area contributed by atoms with E-state index in [2.05, 4.69) is 20.1 Å². The van der Waals surface area contributed by atoms with Gasteiger partial charge in [0.2, 0.25) is 0 Å². The molecule has 9 heteroatoms. The van der Waals surface area contributed by atoms with Gasteiger partial charge in [0, 0.05) is 0 Å². The Labute approximate surface area is 150 Å². The van der Waals surface area contributed by atoms with Crippen molar-refractivity contribution in [1.82, 2.24) is 0 Å². The van der Waals surface area contributed by atoms with E-state index in [1.807, 2.05) is 0 Å². The quantitative estimate of drug-likeness (QED) is 0.468. The maximum absolute atomic E-state index is 13.6. The summed E-state index contributed by atoms with van der Waals surface area (Å²) in [6.45, 7) is 5.02. The largest absolute Gasteiger partial charge is 0.466 e. The van der Waals surface area contributed by atoms with Gasteiger partial charge in [0.25, 0.3) is 0 Å². The van der Waals surface area contributed by atoms with Crippen molar-refractivity contribution < 1.29 is 33.0 Å². The van der Waals surface area contributed by atoms with E-state index in [4.69, 9.17) is 4.74 Å². The lowest BCUT2D eigenvalue weighted by molar-refractivity contribution is -0.138. The van der Waals surface area contributed by atoms with E-state index in [1.54, 1.807) is 20.8 Å². The third-order valence-electron chi connectivity index (χ3n) is 2.76. The van der Waals surface area contributed by atoms with Crippen LogP contribution >= 0.6 is 0 Å². The van der Waals surface area contributed by atoms with Gasteiger partial charge in [0.05, 0.1) is 31.7 Å². The number of anilines is 2. The Morgan fingerprint density at radius 3 is 2.23 bits per heavy atom. The lowest BCUT2D eigenvalue weighted by Gasteiger charge is -2.21. The van der Waals surface area contributed by atoms with Crippen molar-refractivity contribution in [2.24, 2.45) is 0 Å². The van der Waals surface area contributed by atoms with Gasteiger partial charge in [-0.25, -0.2) is 18.8 Å². The summed E-state index contributed by atoms with van der Waals surface area (Å²) in [6, 6.07) is 3.41. The molecule has 1 amide bonds. The molecule has 142 valence electrons. The molecule has 0 aliphatic rings.